The smallest absolute Gasteiger partial charge is 0.310 e. The molecule has 2 aromatic carbocycles. The van der Waals surface area contributed by atoms with Crippen LogP contribution in [0.5, 0.6) is 5.75 Å². The number of phenolic OH excluding ortho intramolecular Hbond substituents is 1. The number of benzene rings is 2. The molecular weight excluding hydrogens is 272 g/mol. The number of fused-ring (bicyclic) bond motifs is 1. The molecule has 20 heavy (non-hydrogen) atoms. The molecule has 0 saturated heterocycles. The zero-order chi connectivity index (χ0) is 14.5. The third-order valence-electron chi connectivity index (χ3n) is 3.01. The number of carbonyl (C=O) groups excluding carboxylic acids is 1. The van der Waals surface area contributed by atoms with Crippen molar-refractivity contribution in [3.05, 3.63) is 35.9 Å². The summed E-state index contributed by atoms with van der Waals surface area (Å²) in [7, 11) is 0. The molecule has 0 aliphatic rings. The molecule has 0 radical (unpaired) electrons. The largest absolute Gasteiger partial charge is 0.506 e. The predicted molar refractivity (Wildman–Crippen MR) is 82.3 cm³/mol. The number of ether oxygens (including phenoxy) is 1. The van der Waals surface area contributed by atoms with E-state index >= 15 is 0 Å². The molecule has 0 saturated carbocycles. The quantitative estimate of drug-likeness (QED) is 0.672. The van der Waals surface area contributed by atoms with Crippen molar-refractivity contribution >= 4 is 28.5 Å². The summed E-state index contributed by atoms with van der Waals surface area (Å²) < 4.78 is 5.02. The molecule has 0 atom stereocenters. The maximum absolute atomic E-state index is 11.7. The van der Waals surface area contributed by atoms with Crippen molar-refractivity contribution in [3.8, 4) is 5.75 Å². The van der Waals surface area contributed by atoms with Gasteiger partial charge in [-0.1, -0.05) is 31.2 Å². The first-order chi connectivity index (χ1) is 9.67. The normalized spacial score (nSPS) is 10.7. The lowest BCUT2D eigenvalue weighted by atomic mass is 10.0. The summed E-state index contributed by atoms with van der Waals surface area (Å²) in [5.74, 6) is 0.918. The monoisotopic (exact) mass is 290 g/mol. The van der Waals surface area contributed by atoms with Gasteiger partial charge in [0.05, 0.1) is 17.9 Å². The van der Waals surface area contributed by atoms with Crippen molar-refractivity contribution in [2.45, 2.75) is 25.2 Å². The lowest BCUT2D eigenvalue weighted by Gasteiger charge is -2.12. The third-order valence-corrected chi connectivity index (χ3v) is 3.92. The minimum absolute atomic E-state index is 0.228. The van der Waals surface area contributed by atoms with Crippen LogP contribution >= 0.6 is 11.8 Å². The van der Waals surface area contributed by atoms with Gasteiger partial charge >= 0.3 is 5.97 Å². The van der Waals surface area contributed by atoms with Crippen molar-refractivity contribution in [1.29, 1.82) is 0 Å². The number of rotatable bonds is 5. The SMILES string of the molecule is CCOC(=O)Cc1cc(SCC)c(O)c2ccccc12. The van der Waals surface area contributed by atoms with E-state index in [1.54, 1.807) is 18.7 Å². The zero-order valence-corrected chi connectivity index (χ0v) is 12.5. The van der Waals surface area contributed by atoms with E-state index in [-0.39, 0.29) is 12.4 Å². The van der Waals surface area contributed by atoms with Crippen LogP contribution in [0.25, 0.3) is 10.8 Å². The Hall–Kier alpha value is -1.68. The van der Waals surface area contributed by atoms with Gasteiger partial charge in [-0.15, -0.1) is 11.8 Å². The molecule has 0 spiro atoms. The van der Waals surface area contributed by atoms with Crippen LogP contribution in [-0.2, 0) is 16.0 Å². The Morgan fingerprint density at radius 3 is 2.60 bits per heavy atom. The Morgan fingerprint density at radius 2 is 1.95 bits per heavy atom. The summed E-state index contributed by atoms with van der Waals surface area (Å²) in [4.78, 5) is 12.5. The molecule has 2 aromatic rings. The van der Waals surface area contributed by atoms with E-state index in [0.717, 1.165) is 27.0 Å². The van der Waals surface area contributed by atoms with Crippen LogP contribution in [0.2, 0.25) is 0 Å². The van der Waals surface area contributed by atoms with Crippen LogP contribution in [-0.4, -0.2) is 23.4 Å². The highest BCUT2D eigenvalue weighted by Gasteiger charge is 2.14. The summed E-state index contributed by atoms with van der Waals surface area (Å²) in [6.07, 6.45) is 0.228. The summed E-state index contributed by atoms with van der Waals surface area (Å²) in [6.45, 7) is 4.21. The highest BCUT2D eigenvalue weighted by molar-refractivity contribution is 7.99. The molecular formula is C16H18O3S. The predicted octanol–water partition coefficient (Wildman–Crippen LogP) is 3.76. The van der Waals surface area contributed by atoms with Crippen molar-refractivity contribution < 1.29 is 14.6 Å². The molecule has 0 amide bonds. The zero-order valence-electron chi connectivity index (χ0n) is 11.7. The van der Waals surface area contributed by atoms with Crippen molar-refractivity contribution in [1.82, 2.24) is 0 Å². The minimum atomic E-state index is -0.240. The molecule has 1 N–H and O–H groups in total. The average Bonchev–Trinajstić information content (AvgIpc) is 2.44. The molecule has 0 heterocycles. The van der Waals surface area contributed by atoms with E-state index in [0.29, 0.717) is 12.4 Å². The van der Waals surface area contributed by atoms with Gasteiger partial charge in [0.15, 0.2) is 0 Å². The molecule has 0 aromatic heterocycles. The van der Waals surface area contributed by atoms with E-state index in [4.69, 9.17) is 4.74 Å². The van der Waals surface area contributed by atoms with Crippen molar-refractivity contribution in [2.24, 2.45) is 0 Å². The highest BCUT2D eigenvalue weighted by atomic mass is 32.2. The first kappa shape index (κ1) is 14.7. The Bertz CT molecular complexity index is 622. The second-order valence-corrected chi connectivity index (χ2v) is 5.65. The number of esters is 1. The number of thioether (sulfide) groups is 1. The van der Waals surface area contributed by atoms with Gasteiger partial charge in [0.25, 0.3) is 0 Å². The second kappa shape index (κ2) is 6.66. The van der Waals surface area contributed by atoms with Gasteiger partial charge in [-0.3, -0.25) is 4.79 Å². The van der Waals surface area contributed by atoms with Gasteiger partial charge in [0, 0.05) is 5.39 Å². The number of carbonyl (C=O) groups is 1. The van der Waals surface area contributed by atoms with Crippen LogP contribution in [0, 0.1) is 0 Å². The fraction of sp³-hybridized carbons (Fsp3) is 0.312. The topological polar surface area (TPSA) is 46.5 Å². The Balaban J connectivity index is 2.51. The molecule has 106 valence electrons. The third kappa shape index (κ3) is 3.07. The van der Waals surface area contributed by atoms with E-state index < -0.39 is 0 Å². The van der Waals surface area contributed by atoms with Gasteiger partial charge in [-0.2, -0.15) is 0 Å². The Labute approximate surface area is 122 Å². The van der Waals surface area contributed by atoms with Crippen LogP contribution in [0.4, 0.5) is 0 Å². The molecule has 0 aliphatic heterocycles. The van der Waals surface area contributed by atoms with Crippen LogP contribution in [0.1, 0.15) is 19.4 Å². The molecule has 0 aliphatic carbocycles. The minimum Gasteiger partial charge on any atom is -0.506 e. The van der Waals surface area contributed by atoms with Gasteiger partial charge in [-0.25, -0.2) is 0 Å². The van der Waals surface area contributed by atoms with E-state index in [9.17, 15) is 9.90 Å². The summed E-state index contributed by atoms with van der Waals surface area (Å²) in [5, 5.41) is 12.0. The second-order valence-electron chi connectivity index (χ2n) is 4.34. The molecule has 0 bridgehead atoms. The molecule has 0 unspecified atom stereocenters. The number of hydrogen-bond donors (Lipinski definition) is 1. The van der Waals surface area contributed by atoms with E-state index in [2.05, 4.69) is 0 Å². The number of aromatic hydroxyl groups is 1. The molecule has 3 nitrogen and oxygen atoms in total. The van der Waals surface area contributed by atoms with Crippen molar-refractivity contribution in [3.63, 3.8) is 0 Å². The first-order valence-corrected chi connectivity index (χ1v) is 7.67. The molecule has 0 fully saturated rings. The Morgan fingerprint density at radius 1 is 1.25 bits per heavy atom. The fourth-order valence-corrected chi connectivity index (χ4v) is 2.97. The van der Waals surface area contributed by atoms with Gasteiger partial charge in [0.1, 0.15) is 5.75 Å². The summed E-state index contributed by atoms with van der Waals surface area (Å²) >= 11 is 1.57. The van der Waals surface area contributed by atoms with E-state index in [1.807, 2.05) is 37.3 Å². The highest BCUT2D eigenvalue weighted by Crippen LogP contribution is 2.37. The maximum atomic E-state index is 11.7. The first-order valence-electron chi connectivity index (χ1n) is 6.69. The van der Waals surface area contributed by atoms with Crippen LogP contribution < -0.4 is 0 Å². The Kier molecular flexibility index (Phi) is 4.90. The van der Waals surface area contributed by atoms with E-state index in [1.165, 1.54) is 0 Å². The van der Waals surface area contributed by atoms with Crippen LogP contribution in [0.3, 0.4) is 0 Å². The molecule has 2 rings (SSSR count). The standard InChI is InChI=1S/C16H18O3S/c1-3-19-15(17)10-11-9-14(20-4-2)16(18)13-8-6-5-7-12(11)13/h5-9,18H,3-4,10H2,1-2H3. The summed E-state index contributed by atoms with van der Waals surface area (Å²) in [5.41, 5.74) is 0.896. The number of hydrogen-bond acceptors (Lipinski definition) is 4. The van der Waals surface area contributed by atoms with Gasteiger partial charge in [-0.05, 0) is 29.7 Å². The maximum Gasteiger partial charge on any atom is 0.310 e. The van der Waals surface area contributed by atoms with Crippen LogP contribution in [0.15, 0.2) is 35.2 Å². The van der Waals surface area contributed by atoms with Gasteiger partial charge in [0.2, 0.25) is 0 Å². The fourth-order valence-electron chi connectivity index (χ4n) is 2.19. The molecule has 4 heteroatoms. The summed E-state index contributed by atoms with van der Waals surface area (Å²) in [6, 6.07) is 9.48. The van der Waals surface area contributed by atoms with Crippen molar-refractivity contribution in [2.75, 3.05) is 12.4 Å². The average molecular weight is 290 g/mol. The van der Waals surface area contributed by atoms with Gasteiger partial charge < -0.3 is 9.84 Å². The number of phenols is 1. The lowest BCUT2D eigenvalue weighted by molar-refractivity contribution is -0.142. The lowest BCUT2D eigenvalue weighted by Crippen LogP contribution is -2.08.